The Bertz CT molecular complexity index is 984. The summed E-state index contributed by atoms with van der Waals surface area (Å²) in [5.74, 6) is -6.12. The van der Waals surface area contributed by atoms with Crippen molar-refractivity contribution in [3.8, 4) is 0 Å². The van der Waals surface area contributed by atoms with E-state index in [2.05, 4.69) is 30.7 Å². The second-order valence-electron chi connectivity index (χ2n) is 6.38. The molecular formula is C17H16F6N6O2. The first-order chi connectivity index (χ1) is 14.5. The third-order valence-electron chi connectivity index (χ3n) is 4.16. The van der Waals surface area contributed by atoms with E-state index in [4.69, 9.17) is 4.84 Å². The van der Waals surface area contributed by atoms with E-state index in [-0.39, 0.29) is 29.8 Å². The lowest BCUT2D eigenvalue weighted by molar-refractivity contribution is -0.141. The Labute approximate surface area is 171 Å². The average Bonchev–Trinajstić information content (AvgIpc) is 2.70. The highest BCUT2D eigenvalue weighted by Crippen LogP contribution is 2.41. The Morgan fingerprint density at radius 3 is 2.61 bits per heavy atom. The van der Waals surface area contributed by atoms with E-state index in [1.807, 2.05) is 0 Å². The third-order valence-corrected chi connectivity index (χ3v) is 4.16. The zero-order valence-corrected chi connectivity index (χ0v) is 15.8. The second-order valence-corrected chi connectivity index (χ2v) is 6.38. The van der Waals surface area contributed by atoms with E-state index in [9.17, 15) is 31.4 Å². The van der Waals surface area contributed by atoms with E-state index in [0.29, 0.717) is 6.07 Å². The zero-order valence-electron chi connectivity index (χ0n) is 15.8. The van der Waals surface area contributed by atoms with Crippen molar-refractivity contribution in [2.75, 3.05) is 17.4 Å². The Morgan fingerprint density at radius 2 is 1.94 bits per heavy atom. The molecule has 0 amide bonds. The van der Waals surface area contributed by atoms with Gasteiger partial charge in [-0.1, -0.05) is 0 Å². The highest BCUT2D eigenvalue weighted by molar-refractivity contribution is 5.66. The number of anilines is 3. The number of allylic oxidation sites excluding steroid dienone is 1. The van der Waals surface area contributed by atoms with Crippen LogP contribution in [0.5, 0.6) is 0 Å². The number of alkyl halides is 5. The molecule has 8 nitrogen and oxygen atoms in total. The maximum absolute atomic E-state index is 14.4. The van der Waals surface area contributed by atoms with Gasteiger partial charge in [-0.05, 0) is 25.5 Å². The van der Waals surface area contributed by atoms with Crippen LogP contribution in [0.15, 0.2) is 24.2 Å². The maximum Gasteiger partial charge on any atom is 0.433 e. The number of nitrogens with one attached hydrogen (secondary N) is 2. The van der Waals surface area contributed by atoms with Gasteiger partial charge < -0.3 is 10.4 Å². The van der Waals surface area contributed by atoms with Gasteiger partial charge in [-0.2, -0.15) is 28.1 Å². The molecular weight excluding hydrogens is 434 g/mol. The van der Waals surface area contributed by atoms with Gasteiger partial charge in [0.25, 0.3) is 11.9 Å². The summed E-state index contributed by atoms with van der Waals surface area (Å²) in [6, 6.07) is 1.91. The van der Waals surface area contributed by atoms with E-state index in [0.717, 1.165) is 6.20 Å². The van der Waals surface area contributed by atoms with Crippen LogP contribution in [0.1, 0.15) is 31.3 Å². The first kappa shape index (κ1) is 22.7. The summed E-state index contributed by atoms with van der Waals surface area (Å²) in [7, 11) is 0. The fourth-order valence-electron chi connectivity index (χ4n) is 2.66. The van der Waals surface area contributed by atoms with Gasteiger partial charge in [0.05, 0.1) is 6.61 Å². The molecule has 2 aromatic rings. The van der Waals surface area contributed by atoms with Crippen molar-refractivity contribution in [1.82, 2.24) is 19.9 Å². The number of hydrogen-bond donors (Lipinski definition) is 3. The number of hydrogen-bond acceptors (Lipinski definition) is 8. The van der Waals surface area contributed by atoms with Gasteiger partial charge in [0.2, 0.25) is 5.95 Å². The van der Waals surface area contributed by atoms with Crippen molar-refractivity contribution in [3.05, 3.63) is 35.7 Å². The standard InChI is InChI=1S/C17H16F6N6O2/c1-2-31-29-15-27-13(9-3-5-16(19,20)12(30)11(9)18)26-14(28-15)25-8-4-6-24-10(7-8)17(21,22)23/h4,6-7,12,30H,2-3,5H2,1H3,(H2,24,25,26,27,28,29). The van der Waals surface area contributed by atoms with Gasteiger partial charge in [0.1, 0.15) is 11.5 Å². The molecule has 1 unspecified atom stereocenters. The summed E-state index contributed by atoms with van der Waals surface area (Å²) in [5, 5.41) is 12.0. The van der Waals surface area contributed by atoms with Gasteiger partial charge in [0, 0.05) is 23.9 Å². The lowest BCUT2D eigenvalue weighted by Crippen LogP contribution is -2.37. The van der Waals surface area contributed by atoms with E-state index in [1.165, 1.54) is 6.07 Å². The smallest absolute Gasteiger partial charge is 0.380 e. The van der Waals surface area contributed by atoms with Crippen molar-refractivity contribution in [2.24, 2.45) is 0 Å². The number of aliphatic hydroxyl groups is 1. The number of nitrogens with zero attached hydrogens (tertiary/aromatic N) is 4. The molecule has 0 aliphatic heterocycles. The van der Waals surface area contributed by atoms with Crippen LogP contribution >= 0.6 is 0 Å². The summed E-state index contributed by atoms with van der Waals surface area (Å²) in [4.78, 5) is 19.9. The van der Waals surface area contributed by atoms with Crippen molar-refractivity contribution >= 4 is 23.2 Å². The van der Waals surface area contributed by atoms with Crippen LogP contribution in [0.25, 0.3) is 5.57 Å². The molecule has 1 atom stereocenters. The summed E-state index contributed by atoms with van der Waals surface area (Å²) < 4.78 is 80.1. The Hall–Kier alpha value is -3.00. The Balaban J connectivity index is 1.99. The minimum atomic E-state index is -4.69. The van der Waals surface area contributed by atoms with Crippen LogP contribution < -0.4 is 10.8 Å². The first-order valence-corrected chi connectivity index (χ1v) is 8.90. The maximum atomic E-state index is 14.4. The van der Waals surface area contributed by atoms with Crippen LogP contribution in [-0.2, 0) is 11.0 Å². The number of pyridine rings is 1. The monoisotopic (exact) mass is 450 g/mol. The highest BCUT2D eigenvalue weighted by Gasteiger charge is 2.46. The van der Waals surface area contributed by atoms with E-state index in [1.54, 1.807) is 6.92 Å². The van der Waals surface area contributed by atoms with Gasteiger partial charge in [-0.25, -0.2) is 18.7 Å². The van der Waals surface area contributed by atoms with Crippen molar-refractivity contribution in [2.45, 2.75) is 38.0 Å². The number of rotatable bonds is 6. The quantitative estimate of drug-likeness (QED) is 0.450. The van der Waals surface area contributed by atoms with Crippen molar-refractivity contribution in [1.29, 1.82) is 0 Å². The Kier molecular flexibility index (Phi) is 6.31. The molecule has 2 aromatic heterocycles. The van der Waals surface area contributed by atoms with Crippen LogP contribution in [-0.4, -0.2) is 43.7 Å². The SMILES string of the molecule is CCONc1nc(Nc2ccnc(C(F)(F)F)c2)nc(C2=C(F)C(O)C(F)(F)CC2)n1. The molecule has 14 heteroatoms. The number of aliphatic hydroxyl groups excluding tert-OH is 1. The van der Waals surface area contributed by atoms with Crippen LogP contribution in [0.2, 0.25) is 0 Å². The molecule has 1 aliphatic carbocycles. The van der Waals surface area contributed by atoms with E-state index < -0.39 is 48.4 Å². The van der Waals surface area contributed by atoms with Crippen molar-refractivity contribution < 1.29 is 36.3 Å². The normalized spacial score (nSPS) is 18.8. The molecule has 0 saturated carbocycles. The number of aromatic nitrogens is 4. The predicted molar refractivity (Wildman–Crippen MR) is 95.8 cm³/mol. The van der Waals surface area contributed by atoms with Crippen LogP contribution in [0.3, 0.4) is 0 Å². The number of halogens is 6. The minimum Gasteiger partial charge on any atom is -0.380 e. The van der Waals surface area contributed by atoms with Crippen molar-refractivity contribution in [3.63, 3.8) is 0 Å². The lowest BCUT2D eigenvalue weighted by Gasteiger charge is -2.27. The summed E-state index contributed by atoms with van der Waals surface area (Å²) in [6.45, 7) is 1.80. The molecule has 0 aromatic carbocycles. The highest BCUT2D eigenvalue weighted by atomic mass is 19.4. The topological polar surface area (TPSA) is 105 Å². The molecule has 1 aliphatic rings. The molecule has 3 N–H and O–H groups in total. The third kappa shape index (κ3) is 5.19. The fraction of sp³-hybridized carbons (Fsp3) is 0.412. The average molecular weight is 450 g/mol. The largest absolute Gasteiger partial charge is 0.433 e. The van der Waals surface area contributed by atoms with Gasteiger partial charge in [-0.15, -0.1) is 0 Å². The summed E-state index contributed by atoms with van der Waals surface area (Å²) in [6.07, 6.45) is -7.78. The summed E-state index contributed by atoms with van der Waals surface area (Å²) >= 11 is 0. The van der Waals surface area contributed by atoms with Gasteiger partial charge in [0.15, 0.2) is 11.9 Å². The molecule has 0 fully saturated rings. The minimum absolute atomic E-state index is 0.0912. The van der Waals surface area contributed by atoms with E-state index >= 15 is 0 Å². The van der Waals surface area contributed by atoms with Gasteiger partial charge >= 0.3 is 6.18 Å². The zero-order chi connectivity index (χ0) is 22.8. The molecule has 3 rings (SSSR count). The molecule has 168 valence electrons. The summed E-state index contributed by atoms with van der Waals surface area (Å²) in [5.41, 5.74) is 0.681. The molecule has 31 heavy (non-hydrogen) atoms. The second kappa shape index (κ2) is 8.63. The first-order valence-electron chi connectivity index (χ1n) is 8.90. The molecule has 0 bridgehead atoms. The van der Waals surface area contributed by atoms with Crippen LogP contribution in [0.4, 0.5) is 43.9 Å². The Morgan fingerprint density at radius 1 is 1.23 bits per heavy atom. The fourth-order valence-corrected chi connectivity index (χ4v) is 2.66. The predicted octanol–water partition coefficient (Wildman–Crippen LogP) is 3.86. The van der Waals surface area contributed by atoms with Gasteiger partial charge in [-0.3, -0.25) is 9.82 Å². The molecule has 0 radical (unpaired) electrons. The lowest BCUT2D eigenvalue weighted by atomic mass is 9.92. The molecule has 0 spiro atoms. The van der Waals surface area contributed by atoms with Crippen LogP contribution in [0, 0.1) is 0 Å². The molecule has 2 heterocycles. The molecule has 0 saturated heterocycles.